The van der Waals surface area contributed by atoms with E-state index in [1.54, 1.807) is 0 Å². The van der Waals surface area contributed by atoms with E-state index < -0.39 is 19.0 Å². The van der Waals surface area contributed by atoms with Crippen LogP contribution in [0.15, 0.2) is 24.3 Å². The molecule has 1 N–H and O–H groups in total. The molecule has 0 saturated carbocycles. The summed E-state index contributed by atoms with van der Waals surface area (Å²) in [5.41, 5.74) is -0.320. The number of halogens is 4. The molecule has 14 heavy (non-hydrogen) atoms. The van der Waals surface area contributed by atoms with Crippen molar-refractivity contribution in [1.29, 1.82) is 0 Å². The molecule has 0 bridgehead atoms. The van der Waals surface area contributed by atoms with Crippen LogP contribution in [-0.4, -0.2) is 11.5 Å². The molecule has 1 atom stereocenters. The average molecular weight is 208 g/mol. The molecule has 0 fully saturated rings. The van der Waals surface area contributed by atoms with Gasteiger partial charge in [0.15, 0.2) is 0 Å². The minimum Gasteiger partial charge on any atom is -0.382 e. The Labute approximate surface area is 78.0 Å². The maximum absolute atomic E-state index is 12.0. The number of aliphatic hydroxyl groups excluding tert-OH is 1. The number of benzene rings is 1. The highest BCUT2D eigenvalue weighted by Crippen LogP contribution is 2.24. The molecule has 0 aliphatic heterocycles. The smallest absolute Gasteiger partial charge is 0.268 e. The molecule has 0 heterocycles. The lowest BCUT2D eigenvalue weighted by atomic mass is 10.1. The van der Waals surface area contributed by atoms with Crippen molar-refractivity contribution in [2.24, 2.45) is 0 Å². The van der Waals surface area contributed by atoms with Crippen LogP contribution >= 0.6 is 0 Å². The van der Waals surface area contributed by atoms with Gasteiger partial charge >= 0.3 is 0 Å². The van der Waals surface area contributed by atoms with Crippen molar-refractivity contribution in [3.8, 4) is 0 Å². The van der Waals surface area contributed by atoms with Crippen LogP contribution in [0.5, 0.6) is 0 Å². The summed E-state index contributed by atoms with van der Waals surface area (Å²) in [6.07, 6.45) is -7.46. The highest BCUT2D eigenvalue weighted by atomic mass is 19.3. The second-order valence-corrected chi connectivity index (χ2v) is 2.75. The van der Waals surface area contributed by atoms with E-state index in [9.17, 15) is 17.6 Å². The third-order valence-electron chi connectivity index (χ3n) is 1.77. The SMILES string of the molecule is OC(c1ccc(C(F)F)cc1)C(F)F. The molecule has 1 aromatic rings. The van der Waals surface area contributed by atoms with E-state index in [-0.39, 0.29) is 11.1 Å². The molecule has 78 valence electrons. The Morgan fingerprint density at radius 3 is 1.64 bits per heavy atom. The summed E-state index contributed by atoms with van der Waals surface area (Å²) in [4.78, 5) is 0. The third-order valence-corrected chi connectivity index (χ3v) is 1.77. The van der Waals surface area contributed by atoms with Gasteiger partial charge in [0.05, 0.1) is 0 Å². The van der Waals surface area contributed by atoms with E-state index in [0.717, 1.165) is 24.3 Å². The van der Waals surface area contributed by atoms with E-state index >= 15 is 0 Å². The minimum absolute atomic E-state index is 0.0654. The van der Waals surface area contributed by atoms with Gasteiger partial charge in [0.2, 0.25) is 0 Å². The summed E-state index contributed by atoms with van der Waals surface area (Å²) in [6.45, 7) is 0. The van der Waals surface area contributed by atoms with Crippen LogP contribution in [-0.2, 0) is 0 Å². The van der Waals surface area contributed by atoms with Crippen molar-refractivity contribution in [1.82, 2.24) is 0 Å². The molecule has 0 aliphatic rings. The molecular weight excluding hydrogens is 200 g/mol. The highest BCUT2D eigenvalue weighted by molar-refractivity contribution is 5.25. The van der Waals surface area contributed by atoms with Gasteiger partial charge in [0, 0.05) is 5.56 Å². The second-order valence-electron chi connectivity index (χ2n) is 2.75. The summed E-state index contributed by atoms with van der Waals surface area (Å²) in [5, 5.41) is 8.89. The maximum atomic E-state index is 12.0. The molecular formula is C9H8F4O. The van der Waals surface area contributed by atoms with Gasteiger partial charge in [-0.2, -0.15) is 0 Å². The topological polar surface area (TPSA) is 20.2 Å². The van der Waals surface area contributed by atoms with Gasteiger partial charge in [-0.3, -0.25) is 0 Å². The van der Waals surface area contributed by atoms with Crippen LogP contribution in [0.4, 0.5) is 17.6 Å². The molecule has 0 aliphatic carbocycles. The summed E-state index contributed by atoms with van der Waals surface area (Å²) in [6, 6.07) is 4.17. The zero-order valence-electron chi connectivity index (χ0n) is 7.00. The fourth-order valence-electron chi connectivity index (χ4n) is 0.984. The largest absolute Gasteiger partial charge is 0.382 e. The second kappa shape index (κ2) is 4.41. The molecule has 1 rings (SSSR count). The Balaban J connectivity index is 2.83. The Morgan fingerprint density at radius 1 is 0.857 bits per heavy atom. The van der Waals surface area contributed by atoms with Crippen LogP contribution in [0.25, 0.3) is 0 Å². The van der Waals surface area contributed by atoms with Crippen molar-refractivity contribution in [3.63, 3.8) is 0 Å². The van der Waals surface area contributed by atoms with Crippen LogP contribution in [0.3, 0.4) is 0 Å². The molecule has 0 aromatic heterocycles. The van der Waals surface area contributed by atoms with Crippen molar-refractivity contribution < 1.29 is 22.7 Å². The standard InChI is InChI=1S/C9H8F4O/c10-8(11)6-3-1-5(2-4-6)7(14)9(12)13/h1-4,7-9,14H. The molecule has 1 aromatic carbocycles. The fourth-order valence-corrected chi connectivity index (χ4v) is 0.984. The van der Waals surface area contributed by atoms with E-state index in [1.807, 2.05) is 0 Å². The van der Waals surface area contributed by atoms with Crippen molar-refractivity contribution >= 4 is 0 Å². The van der Waals surface area contributed by atoms with Gasteiger partial charge in [-0.15, -0.1) is 0 Å². The zero-order chi connectivity index (χ0) is 10.7. The lowest BCUT2D eigenvalue weighted by Gasteiger charge is -2.09. The molecule has 5 heteroatoms. The van der Waals surface area contributed by atoms with Gasteiger partial charge in [-0.05, 0) is 5.56 Å². The molecule has 0 radical (unpaired) electrons. The normalized spacial score (nSPS) is 13.6. The number of rotatable bonds is 3. The number of hydrogen-bond donors (Lipinski definition) is 1. The van der Waals surface area contributed by atoms with E-state index in [1.165, 1.54) is 0 Å². The minimum atomic E-state index is -2.91. The molecule has 1 unspecified atom stereocenters. The van der Waals surface area contributed by atoms with Gasteiger partial charge in [-0.1, -0.05) is 24.3 Å². The first kappa shape index (κ1) is 11.0. The first-order valence-electron chi connectivity index (χ1n) is 3.86. The molecule has 0 saturated heterocycles. The van der Waals surface area contributed by atoms with Gasteiger partial charge < -0.3 is 5.11 Å². The first-order chi connectivity index (χ1) is 6.52. The predicted octanol–water partition coefficient (Wildman–Crippen LogP) is 2.92. The third kappa shape index (κ3) is 2.45. The van der Waals surface area contributed by atoms with E-state index in [2.05, 4.69) is 0 Å². The monoisotopic (exact) mass is 208 g/mol. The van der Waals surface area contributed by atoms with Crippen LogP contribution in [0.1, 0.15) is 23.7 Å². The number of aliphatic hydroxyl groups is 1. The molecule has 1 nitrogen and oxygen atoms in total. The average Bonchev–Trinajstić information content (AvgIpc) is 2.16. The van der Waals surface area contributed by atoms with Crippen molar-refractivity contribution in [3.05, 3.63) is 35.4 Å². The van der Waals surface area contributed by atoms with Crippen molar-refractivity contribution in [2.75, 3.05) is 0 Å². The Morgan fingerprint density at radius 2 is 1.29 bits per heavy atom. The zero-order valence-corrected chi connectivity index (χ0v) is 7.00. The predicted molar refractivity (Wildman–Crippen MR) is 42.4 cm³/mol. The van der Waals surface area contributed by atoms with Crippen LogP contribution in [0.2, 0.25) is 0 Å². The number of hydrogen-bond acceptors (Lipinski definition) is 1. The van der Waals surface area contributed by atoms with E-state index in [0.29, 0.717) is 0 Å². The lowest BCUT2D eigenvalue weighted by Crippen LogP contribution is -2.07. The van der Waals surface area contributed by atoms with E-state index in [4.69, 9.17) is 5.11 Å². The summed E-state index contributed by atoms with van der Waals surface area (Å²) in [5.74, 6) is 0. The molecule has 0 spiro atoms. The summed E-state index contributed by atoms with van der Waals surface area (Å²) < 4.78 is 48.0. The van der Waals surface area contributed by atoms with Crippen LogP contribution in [0, 0.1) is 0 Å². The first-order valence-corrected chi connectivity index (χ1v) is 3.86. The van der Waals surface area contributed by atoms with Crippen molar-refractivity contribution in [2.45, 2.75) is 19.0 Å². The van der Waals surface area contributed by atoms with Crippen LogP contribution < -0.4 is 0 Å². The summed E-state index contributed by atoms with van der Waals surface area (Å²) in [7, 11) is 0. The molecule has 0 amide bonds. The quantitative estimate of drug-likeness (QED) is 0.757. The Bertz CT molecular complexity index is 283. The van der Waals surface area contributed by atoms with Gasteiger partial charge in [-0.25, -0.2) is 17.6 Å². The fraction of sp³-hybridized carbons (Fsp3) is 0.333. The Hall–Kier alpha value is -1.10. The van der Waals surface area contributed by atoms with Gasteiger partial charge in [0.25, 0.3) is 12.9 Å². The maximum Gasteiger partial charge on any atom is 0.268 e. The van der Waals surface area contributed by atoms with Gasteiger partial charge in [0.1, 0.15) is 6.10 Å². The summed E-state index contributed by atoms with van der Waals surface area (Å²) >= 11 is 0. The number of alkyl halides is 4. The lowest BCUT2D eigenvalue weighted by molar-refractivity contribution is -0.00581. The highest BCUT2D eigenvalue weighted by Gasteiger charge is 2.19. The Kier molecular flexibility index (Phi) is 3.46.